The largest absolute Gasteiger partial charge is 0.496 e. The van der Waals surface area contributed by atoms with E-state index >= 15 is 0 Å². The molecule has 0 saturated heterocycles. The molecule has 0 spiro atoms. The second-order valence-electron chi connectivity index (χ2n) is 5.70. The Bertz CT molecular complexity index is 756. The number of ether oxygens (including phenoxy) is 3. The summed E-state index contributed by atoms with van der Waals surface area (Å²) in [4.78, 5) is 11.6. The van der Waals surface area contributed by atoms with Crippen LogP contribution in [0.5, 0.6) is 11.5 Å². The van der Waals surface area contributed by atoms with Crippen LogP contribution in [0.1, 0.15) is 29.2 Å². The highest BCUT2D eigenvalue weighted by atomic mass is 19.1. The van der Waals surface area contributed by atoms with Crippen molar-refractivity contribution in [1.82, 2.24) is 0 Å². The second kappa shape index (κ2) is 8.51. The molecule has 0 atom stereocenters. The maximum absolute atomic E-state index is 14.2. The van der Waals surface area contributed by atoms with Gasteiger partial charge in [0.05, 0.1) is 20.6 Å². The molecule has 2 rings (SSSR count). The Morgan fingerprint density at radius 3 is 2.52 bits per heavy atom. The number of halogens is 1. The smallest absolute Gasteiger partial charge is 0.309 e. The van der Waals surface area contributed by atoms with E-state index in [0.717, 1.165) is 23.1 Å². The molecule has 134 valence electrons. The lowest BCUT2D eigenvalue weighted by atomic mass is 10.0. The first-order chi connectivity index (χ1) is 12.0. The maximum atomic E-state index is 14.2. The van der Waals surface area contributed by atoms with Gasteiger partial charge in [0.25, 0.3) is 0 Å². The molecular weight excluding hydrogens is 323 g/mol. The van der Waals surface area contributed by atoms with Crippen molar-refractivity contribution >= 4 is 5.97 Å². The first-order valence-electron chi connectivity index (χ1n) is 8.13. The van der Waals surface area contributed by atoms with Crippen molar-refractivity contribution in [3.63, 3.8) is 0 Å². The van der Waals surface area contributed by atoms with Crippen LogP contribution < -0.4 is 9.47 Å². The summed E-state index contributed by atoms with van der Waals surface area (Å²) in [7, 11) is 2.88. The average molecular weight is 346 g/mol. The average Bonchev–Trinajstić information content (AvgIpc) is 2.62. The molecule has 5 heteroatoms. The Balaban J connectivity index is 2.28. The van der Waals surface area contributed by atoms with Crippen LogP contribution in [0.15, 0.2) is 30.3 Å². The van der Waals surface area contributed by atoms with Crippen LogP contribution in [0.3, 0.4) is 0 Å². The van der Waals surface area contributed by atoms with Gasteiger partial charge in [-0.3, -0.25) is 4.79 Å². The number of carbonyl (C=O) groups excluding carboxylic acids is 1. The van der Waals surface area contributed by atoms with Crippen molar-refractivity contribution in [3.8, 4) is 11.5 Å². The third kappa shape index (κ3) is 4.50. The van der Waals surface area contributed by atoms with Crippen LogP contribution in [0.2, 0.25) is 0 Å². The Morgan fingerprint density at radius 2 is 1.88 bits per heavy atom. The monoisotopic (exact) mass is 346 g/mol. The molecule has 0 saturated carbocycles. The van der Waals surface area contributed by atoms with E-state index in [1.165, 1.54) is 13.2 Å². The molecule has 25 heavy (non-hydrogen) atoms. The van der Waals surface area contributed by atoms with E-state index in [4.69, 9.17) is 14.2 Å². The molecular formula is C20H23FO4. The SMILES string of the molecule is CCc1cc(F)c(OCc2c(CC(=O)OC)cccc2OC)cc1C. The van der Waals surface area contributed by atoms with Gasteiger partial charge < -0.3 is 14.2 Å². The van der Waals surface area contributed by atoms with E-state index in [1.807, 2.05) is 13.8 Å². The number of aryl methyl sites for hydroxylation is 2. The van der Waals surface area contributed by atoms with Crippen LogP contribution in [0.25, 0.3) is 0 Å². The van der Waals surface area contributed by atoms with Gasteiger partial charge >= 0.3 is 5.97 Å². The highest BCUT2D eigenvalue weighted by molar-refractivity contribution is 5.73. The van der Waals surface area contributed by atoms with Crippen LogP contribution in [0, 0.1) is 12.7 Å². The molecule has 0 aliphatic rings. The van der Waals surface area contributed by atoms with Gasteiger partial charge in [0.1, 0.15) is 12.4 Å². The summed E-state index contributed by atoms with van der Waals surface area (Å²) in [5.41, 5.74) is 3.36. The van der Waals surface area contributed by atoms with Gasteiger partial charge in [-0.2, -0.15) is 0 Å². The minimum atomic E-state index is -0.396. The fraction of sp³-hybridized carbons (Fsp3) is 0.350. The van der Waals surface area contributed by atoms with Gasteiger partial charge in [0.15, 0.2) is 11.6 Å². The molecule has 4 nitrogen and oxygen atoms in total. The van der Waals surface area contributed by atoms with E-state index in [1.54, 1.807) is 31.4 Å². The quantitative estimate of drug-likeness (QED) is 0.711. The maximum Gasteiger partial charge on any atom is 0.309 e. The fourth-order valence-corrected chi connectivity index (χ4v) is 2.70. The summed E-state index contributed by atoms with van der Waals surface area (Å²) < 4.78 is 30.0. The molecule has 0 bridgehead atoms. The van der Waals surface area contributed by atoms with E-state index in [-0.39, 0.29) is 24.7 Å². The molecule has 0 unspecified atom stereocenters. The van der Waals surface area contributed by atoms with Gasteiger partial charge in [-0.1, -0.05) is 19.1 Å². The summed E-state index contributed by atoms with van der Waals surface area (Å²) in [6.07, 6.45) is 0.863. The highest BCUT2D eigenvalue weighted by Gasteiger charge is 2.15. The Kier molecular flexibility index (Phi) is 6.39. The van der Waals surface area contributed by atoms with E-state index in [9.17, 15) is 9.18 Å². The van der Waals surface area contributed by atoms with Crippen molar-refractivity contribution < 1.29 is 23.4 Å². The lowest BCUT2D eigenvalue weighted by Crippen LogP contribution is -2.10. The Hall–Kier alpha value is -2.56. The van der Waals surface area contributed by atoms with Crippen LogP contribution in [0.4, 0.5) is 4.39 Å². The Morgan fingerprint density at radius 1 is 1.12 bits per heavy atom. The van der Waals surface area contributed by atoms with Crippen molar-refractivity contribution in [2.75, 3.05) is 14.2 Å². The highest BCUT2D eigenvalue weighted by Crippen LogP contribution is 2.27. The molecule has 0 aliphatic carbocycles. The van der Waals surface area contributed by atoms with Crippen molar-refractivity contribution in [2.24, 2.45) is 0 Å². The first kappa shape index (κ1) is 18.8. The van der Waals surface area contributed by atoms with Gasteiger partial charge in [-0.05, 0) is 48.2 Å². The molecule has 0 aliphatic heterocycles. The van der Waals surface area contributed by atoms with E-state index in [2.05, 4.69) is 0 Å². The van der Waals surface area contributed by atoms with Gasteiger partial charge in [0.2, 0.25) is 0 Å². The number of benzene rings is 2. The third-order valence-electron chi connectivity index (χ3n) is 4.16. The normalized spacial score (nSPS) is 10.4. The molecule has 2 aromatic rings. The third-order valence-corrected chi connectivity index (χ3v) is 4.16. The van der Waals surface area contributed by atoms with Gasteiger partial charge in [-0.25, -0.2) is 4.39 Å². The summed E-state index contributed by atoms with van der Waals surface area (Å²) in [5, 5.41) is 0. The fourth-order valence-electron chi connectivity index (χ4n) is 2.70. The van der Waals surface area contributed by atoms with Crippen LogP contribution in [-0.2, 0) is 29.0 Å². The number of esters is 1. The molecule has 0 aromatic heterocycles. The minimum Gasteiger partial charge on any atom is -0.496 e. The van der Waals surface area contributed by atoms with Crippen molar-refractivity contribution in [3.05, 3.63) is 58.4 Å². The van der Waals surface area contributed by atoms with Crippen molar-refractivity contribution in [2.45, 2.75) is 33.3 Å². The molecule has 0 heterocycles. The number of methoxy groups -OCH3 is 2. The topological polar surface area (TPSA) is 44.8 Å². The number of carbonyl (C=O) groups is 1. The molecule has 0 N–H and O–H groups in total. The van der Waals surface area contributed by atoms with E-state index in [0.29, 0.717) is 11.3 Å². The lowest BCUT2D eigenvalue weighted by Gasteiger charge is -2.15. The first-order valence-corrected chi connectivity index (χ1v) is 8.13. The molecule has 0 radical (unpaired) electrons. The van der Waals surface area contributed by atoms with E-state index < -0.39 is 5.82 Å². The molecule has 0 fully saturated rings. The zero-order chi connectivity index (χ0) is 18.4. The number of hydrogen-bond donors (Lipinski definition) is 0. The predicted octanol–water partition coefficient (Wildman–Crippen LogP) is 4.00. The van der Waals surface area contributed by atoms with Crippen molar-refractivity contribution in [1.29, 1.82) is 0 Å². The number of rotatable bonds is 7. The standard InChI is InChI=1S/C20H23FO4/c1-5-14-10-17(21)19(9-13(14)2)25-12-16-15(11-20(22)24-4)7-6-8-18(16)23-3/h6-10H,5,11-12H2,1-4H3. The van der Waals surface area contributed by atoms with Crippen LogP contribution >= 0.6 is 0 Å². The lowest BCUT2D eigenvalue weighted by molar-refractivity contribution is -0.139. The molecule has 2 aromatic carbocycles. The minimum absolute atomic E-state index is 0.0954. The Labute approximate surface area is 147 Å². The second-order valence-corrected chi connectivity index (χ2v) is 5.70. The summed E-state index contributed by atoms with van der Waals surface area (Å²) in [5.74, 6) is 0.0176. The molecule has 0 amide bonds. The summed E-state index contributed by atoms with van der Waals surface area (Å²) >= 11 is 0. The summed E-state index contributed by atoms with van der Waals surface area (Å²) in [6.45, 7) is 4.01. The summed E-state index contributed by atoms with van der Waals surface area (Å²) in [6, 6.07) is 8.58. The zero-order valence-corrected chi connectivity index (χ0v) is 15.0. The predicted molar refractivity (Wildman–Crippen MR) is 93.6 cm³/mol. The number of hydrogen-bond acceptors (Lipinski definition) is 4. The van der Waals surface area contributed by atoms with Gasteiger partial charge in [-0.15, -0.1) is 0 Å². The van der Waals surface area contributed by atoms with Crippen LogP contribution in [-0.4, -0.2) is 20.2 Å². The zero-order valence-electron chi connectivity index (χ0n) is 15.0. The van der Waals surface area contributed by atoms with Gasteiger partial charge in [0, 0.05) is 5.56 Å².